The summed E-state index contributed by atoms with van der Waals surface area (Å²) in [5, 5.41) is 14.1. The Kier molecular flexibility index (Phi) is 4.18. The molecule has 2 heterocycles. The molecule has 0 radical (unpaired) electrons. The van der Waals surface area contributed by atoms with Crippen LogP contribution in [0.2, 0.25) is 0 Å². The highest BCUT2D eigenvalue weighted by molar-refractivity contribution is 5.56. The van der Waals surface area contributed by atoms with Gasteiger partial charge in [-0.05, 0) is 23.3 Å². The minimum Gasteiger partial charge on any atom is -0.491 e. The Hall–Kier alpha value is -2.55. The lowest BCUT2D eigenvalue weighted by molar-refractivity contribution is -0.138. The van der Waals surface area contributed by atoms with Crippen LogP contribution in [0.3, 0.4) is 0 Å². The van der Waals surface area contributed by atoms with E-state index in [1.165, 1.54) is 4.90 Å². The molecule has 0 unspecified atom stereocenters. The standard InChI is InChI=1S/C15H14F3N3O3/c16-15(17,18)13-12(6-19-20-14(13)23)21-7-9-1-2-11(24-4-3-22)5-10(9)8-21/h1-2,5-6,22H,3-4,7-8H2,(H,20,23). The Labute approximate surface area is 134 Å². The number of aliphatic hydroxyl groups excluding tert-OH is 1. The highest BCUT2D eigenvalue weighted by Crippen LogP contribution is 2.37. The summed E-state index contributed by atoms with van der Waals surface area (Å²) >= 11 is 0. The van der Waals surface area contributed by atoms with E-state index in [-0.39, 0.29) is 32.0 Å². The van der Waals surface area contributed by atoms with E-state index in [9.17, 15) is 18.0 Å². The van der Waals surface area contributed by atoms with Crippen molar-refractivity contribution in [3.05, 3.63) is 51.4 Å². The molecule has 24 heavy (non-hydrogen) atoms. The predicted octanol–water partition coefficient (Wildman–Crippen LogP) is 1.68. The van der Waals surface area contributed by atoms with Gasteiger partial charge in [-0.15, -0.1) is 0 Å². The zero-order valence-electron chi connectivity index (χ0n) is 12.4. The SMILES string of the molecule is O=c1[nH]ncc(N2Cc3ccc(OCCO)cc3C2)c1C(F)(F)F. The van der Waals surface area contributed by atoms with Crippen LogP contribution in [0, 0.1) is 0 Å². The third-order valence-electron chi connectivity index (χ3n) is 3.72. The van der Waals surface area contributed by atoms with E-state index in [2.05, 4.69) is 5.10 Å². The van der Waals surface area contributed by atoms with Crippen molar-refractivity contribution in [3.8, 4) is 5.75 Å². The van der Waals surface area contributed by atoms with Crippen molar-refractivity contribution < 1.29 is 23.0 Å². The number of benzene rings is 1. The van der Waals surface area contributed by atoms with Crippen molar-refractivity contribution in [3.63, 3.8) is 0 Å². The quantitative estimate of drug-likeness (QED) is 0.885. The lowest BCUT2D eigenvalue weighted by Gasteiger charge is -2.21. The summed E-state index contributed by atoms with van der Waals surface area (Å²) < 4.78 is 44.8. The highest BCUT2D eigenvalue weighted by Gasteiger charge is 2.39. The van der Waals surface area contributed by atoms with Gasteiger partial charge in [-0.3, -0.25) is 4.79 Å². The number of H-pyrrole nitrogens is 1. The molecule has 2 N–H and O–H groups in total. The molecule has 6 nitrogen and oxygen atoms in total. The van der Waals surface area contributed by atoms with Crippen molar-refractivity contribution in [1.82, 2.24) is 10.2 Å². The number of alkyl halides is 3. The van der Waals surface area contributed by atoms with Gasteiger partial charge in [0.15, 0.2) is 0 Å². The molecule has 0 fully saturated rings. The van der Waals surface area contributed by atoms with Gasteiger partial charge in [-0.1, -0.05) is 6.07 Å². The van der Waals surface area contributed by atoms with E-state index in [0.29, 0.717) is 5.75 Å². The van der Waals surface area contributed by atoms with Crippen LogP contribution in [0.15, 0.2) is 29.2 Å². The summed E-state index contributed by atoms with van der Waals surface area (Å²) in [6.45, 7) is 0.457. The number of ether oxygens (including phenoxy) is 1. The summed E-state index contributed by atoms with van der Waals surface area (Å²) in [6.07, 6.45) is -3.75. The third-order valence-corrected chi connectivity index (χ3v) is 3.72. The van der Waals surface area contributed by atoms with Gasteiger partial charge < -0.3 is 14.7 Å². The van der Waals surface area contributed by atoms with Gasteiger partial charge in [0, 0.05) is 13.1 Å². The molecule has 0 aliphatic carbocycles. The van der Waals surface area contributed by atoms with E-state index in [0.717, 1.165) is 17.3 Å². The van der Waals surface area contributed by atoms with Crippen molar-refractivity contribution in [2.75, 3.05) is 18.1 Å². The van der Waals surface area contributed by atoms with Crippen LogP contribution in [0.4, 0.5) is 18.9 Å². The molecule has 3 rings (SSSR count). The van der Waals surface area contributed by atoms with Gasteiger partial charge in [-0.2, -0.15) is 18.3 Å². The number of fused-ring (bicyclic) bond motifs is 1. The first-order chi connectivity index (χ1) is 11.4. The Bertz CT molecular complexity index is 805. The highest BCUT2D eigenvalue weighted by atomic mass is 19.4. The summed E-state index contributed by atoms with van der Waals surface area (Å²) in [5.74, 6) is 0.532. The van der Waals surface area contributed by atoms with Gasteiger partial charge in [-0.25, -0.2) is 5.10 Å². The van der Waals surface area contributed by atoms with Crippen molar-refractivity contribution in [2.24, 2.45) is 0 Å². The molecule has 1 aromatic heterocycles. The van der Waals surface area contributed by atoms with Crippen molar-refractivity contribution in [1.29, 1.82) is 0 Å². The minimum absolute atomic E-state index is 0.128. The first-order valence-electron chi connectivity index (χ1n) is 7.15. The largest absolute Gasteiger partial charge is 0.491 e. The van der Waals surface area contributed by atoms with Crippen LogP contribution >= 0.6 is 0 Å². The minimum atomic E-state index is -4.77. The average Bonchev–Trinajstić information content (AvgIpc) is 2.94. The second-order valence-corrected chi connectivity index (χ2v) is 5.32. The third kappa shape index (κ3) is 3.07. The van der Waals surface area contributed by atoms with Gasteiger partial charge in [0.1, 0.15) is 17.9 Å². The average molecular weight is 341 g/mol. The summed E-state index contributed by atoms with van der Waals surface area (Å²) in [6, 6.07) is 5.17. The number of rotatable bonds is 4. The van der Waals surface area contributed by atoms with Crippen LogP contribution < -0.4 is 15.2 Å². The maximum atomic E-state index is 13.2. The molecule has 9 heteroatoms. The Morgan fingerprint density at radius 3 is 2.75 bits per heavy atom. The number of aromatic nitrogens is 2. The molecule has 0 saturated carbocycles. The van der Waals surface area contributed by atoms with Gasteiger partial charge in [0.05, 0.1) is 18.5 Å². The molecule has 2 aromatic rings. The van der Waals surface area contributed by atoms with E-state index in [1.807, 2.05) is 5.10 Å². The number of halogens is 3. The van der Waals surface area contributed by atoms with Crippen molar-refractivity contribution >= 4 is 5.69 Å². The first-order valence-corrected chi connectivity index (χ1v) is 7.15. The summed E-state index contributed by atoms with van der Waals surface area (Å²) in [5.41, 5.74) is -1.11. The zero-order chi connectivity index (χ0) is 17.3. The van der Waals surface area contributed by atoms with Crippen molar-refractivity contribution in [2.45, 2.75) is 19.3 Å². The predicted molar refractivity (Wildman–Crippen MR) is 78.8 cm³/mol. The second-order valence-electron chi connectivity index (χ2n) is 5.32. The van der Waals surface area contributed by atoms with E-state index in [1.54, 1.807) is 18.2 Å². The maximum Gasteiger partial charge on any atom is 0.423 e. The maximum absolute atomic E-state index is 13.2. The van der Waals surface area contributed by atoms with Crippen LogP contribution in [0.5, 0.6) is 5.75 Å². The number of anilines is 1. The number of hydrogen-bond acceptors (Lipinski definition) is 5. The number of nitrogens with one attached hydrogen (secondary N) is 1. The van der Waals surface area contributed by atoms with E-state index < -0.39 is 17.3 Å². The molecule has 0 bridgehead atoms. The summed E-state index contributed by atoms with van der Waals surface area (Å²) in [7, 11) is 0. The molecular weight excluding hydrogens is 327 g/mol. The van der Waals surface area contributed by atoms with Crippen LogP contribution in [-0.2, 0) is 19.3 Å². The molecule has 1 aromatic carbocycles. The fourth-order valence-corrected chi connectivity index (χ4v) is 2.70. The molecular formula is C15H14F3N3O3. The fourth-order valence-electron chi connectivity index (χ4n) is 2.70. The Morgan fingerprint density at radius 1 is 1.29 bits per heavy atom. The molecule has 0 atom stereocenters. The smallest absolute Gasteiger partial charge is 0.423 e. The lowest BCUT2D eigenvalue weighted by Crippen LogP contribution is -2.28. The number of nitrogens with zero attached hydrogens (tertiary/aromatic N) is 2. The molecule has 1 aliphatic rings. The zero-order valence-corrected chi connectivity index (χ0v) is 12.4. The number of hydrogen-bond donors (Lipinski definition) is 2. The van der Waals surface area contributed by atoms with Gasteiger partial charge >= 0.3 is 6.18 Å². The number of aromatic amines is 1. The molecule has 0 saturated heterocycles. The van der Waals surface area contributed by atoms with Gasteiger partial charge in [0.25, 0.3) is 5.56 Å². The van der Waals surface area contributed by atoms with Crippen LogP contribution in [0.1, 0.15) is 16.7 Å². The first kappa shape index (κ1) is 16.3. The molecule has 0 spiro atoms. The monoisotopic (exact) mass is 341 g/mol. The van der Waals surface area contributed by atoms with E-state index >= 15 is 0 Å². The molecule has 128 valence electrons. The van der Waals surface area contributed by atoms with E-state index in [4.69, 9.17) is 9.84 Å². The molecule has 0 amide bonds. The van der Waals surface area contributed by atoms with Crippen LogP contribution in [0.25, 0.3) is 0 Å². The van der Waals surface area contributed by atoms with Gasteiger partial charge in [0.2, 0.25) is 0 Å². The normalized spacial score (nSPS) is 13.9. The summed E-state index contributed by atoms with van der Waals surface area (Å²) in [4.78, 5) is 13.0. The van der Waals surface area contributed by atoms with Crippen LogP contribution in [-0.4, -0.2) is 28.5 Å². The second kappa shape index (κ2) is 6.16. The Balaban J connectivity index is 1.91. The molecule has 1 aliphatic heterocycles. The topological polar surface area (TPSA) is 78.5 Å². The lowest BCUT2D eigenvalue weighted by atomic mass is 10.1. The Morgan fingerprint density at radius 2 is 2.04 bits per heavy atom. The number of aliphatic hydroxyl groups is 1. The fraction of sp³-hybridized carbons (Fsp3) is 0.333.